The fraction of sp³-hybridized carbons (Fsp3) is 0.190. The molecule has 0 radical (unpaired) electrons. The summed E-state index contributed by atoms with van der Waals surface area (Å²) in [6.45, 7) is 5.56. The smallest absolute Gasteiger partial charge is 0.244 e. The van der Waals surface area contributed by atoms with Gasteiger partial charge in [0.25, 0.3) is 0 Å². The molecule has 4 N–H and O–H groups in total. The third-order valence-electron chi connectivity index (χ3n) is 4.81. The number of ether oxygens (including phenoxy) is 1. The van der Waals surface area contributed by atoms with Gasteiger partial charge in [-0.05, 0) is 37.6 Å². The molecule has 146 valence electrons. The molecule has 29 heavy (non-hydrogen) atoms. The molecule has 0 unspecified atom stereocenters. The minimum Gasteiger partial charge on any atom is -0.420 e. The number of nitrogens with zero attached hydrogens (tertiary/aromatic N) is 2. The van der Waals surface area contributed by atoms with Gasteiger partial charge in [-0.25, -0.2) is 0 Å². The van der Waals surface area contributed by atoms with Crippen LogP contribution in [0.25, 0.3) is 11.3 Å². The van der Waals surface area contributed by atoms with E-state index in [9.17, 15) is 10.1 Å². The lowest BCUT2D eigenvalue weighted by molar-refractivity contribution is -0.114. The van der Waals surface area contributed by atoms with E-state index in [4.69, 9.17) is 10.5 Å². The Kier molecular flexibility index (Phi) is 4.60. The molecule has 3 aromatic rings. The fourth-order valence-corrected chi connectivity index (χ4v) is 4.56. The minimum absolute atomic E-state index is 0.0483. The van der Waals surface area contributed by atoms with E-state index in [0.717, 1.165) is 27.3 Å². The number of amides is 1. The molecule has 0 fully saturated rings. The molecule has 4 rings (SSSR count). The first-order chi connectivity index (χ1) is 13.9. The number of rotatable bonds is 3. The van der Waals surface area contributed by atoms with E-state index in [1.807, 2.05) is 12.1 Å². The first kappa shape index (κ1) is 18.8. The second-order valence-electron chi connectivity index (χ2n) is 6.87. The van der Waals surface area contributed by atoms with Crippen LogP contribution in [0.15, 0.2) is 41.8 Å². The van der Waals surface area contributed by atoms with Crippen molar-refractivity contribution in [2.45, 2.75) is 26.7 Å². The molecule has 0 saturated carbocycles. The zero-order valence-electron chi connectivity index (χ0n) is 16.2. The summed E-state index contributed by atoms with van der Waals surface area (Å²) in [6.07, 6.45) is 0. The van der Waals surface area contributed by atoms with Crippen molar-refractivity contribution in [3.05, 3.63) is 62.7 Å². The Morgan fingerprint density at radius 3 is 2.66 bits per heavy atom. The van der Waals surface area contributed by atoms with Gasteiger partial charge in [0.15, 0.2) is 0 Å². The number of thiophene rings is 1. The second kappa shape index (κ2) is 7.11. The molecule has 1 aliphatic rings. The van der Waals surface area contributed by atoms with E-state index >= 15 is 0 Å². The van der Waals surface area contributed by atoms with Crippen LogP contribution >= 0.6 is 11.3 Å². The Bertz CT molecular complexity index is 1180. The van der Waals surface area contributed by atoms with Gasteiger partial charge in [0.05, 0.1) is 17.2 Å². The van der Waals surface area contributed by atoms with Crippen molar-refractivity contribution in [3.63, 3.8) is 0 Å². The predicted octanol–water partition coefficient (Wildman–Crippen LogP) is 3.93. The van der Waals surface area contributed by atoms with Crippen LogP contribution < -0.4 is 15.8 Å². The van der Waals surface area contributed by atoms with Crippen LogP contribution in [0.5, 0.6) is 5.88 Å². The summed E-state index contributed by atoms with van der Waals surface area (Å²) in [7, 11) is 0. The van der Waals surface area contributed by atoms with Gasteiger partial charge in [-0.3, -0.25) is 9.89 Å². The number of nitriles is 1. The summed E-state index contributed by atoms with van der Waals surface area (Å²) in [5.74, 6) is -0.153. The summed E-state index contributed by atoms with van der Waals surface area (Å²) in [4.78, 5) is 13.6. The zero-order valence-corrected chi connectivity index (χ0v) is 17.0. The fourth-order valence-electron chi connectivity index (χ4n) is 3.62. The standard InChI is InChI=1S/C21H19N5O2S/c1-10-8-15(11(2)29-10)19-18-17(13-4-6-14(7-5-13)24-12(3)27)16(9-22)20(23)28-21(18)26-25-19/h4-8,17H,23H2,1-3H3,(H,24,27)(H,25,26)/t17-/m0/s1. The summed E-state index contributed by atoms with van der Waals surface area (Å²) < 4.78 is 5.65. The van der Waals surface area contributed by atoms with Gasteiger partial charge in [-0.15, -0.1) is 16.4 Å². The van der Waals surface area contributed by atoms with Crippen molar-refractivity contribution in [1.29, 1.82) is 5.26 Å². The number of nitrogens with two attached hydrogens (primary N) is 1. The summed E-state index contributed by atoms with van der Waals surface area (Å²) in [5, 5.41) is 19.9. The molecule has 1 atom stereocenters. The summed E-state index contributed by atoms with van der Waals surface area (Å²) in [5.41, 5.74) is 10.5. The SMILES string of the molecule is CC(=O)Nc1ccc([C@H]2C(C#N)=C(N)Oc3n[nH]c(-c4cc(C)sc4C)c32)cc1. The van der Waals surface area contributed by atoms with Crippen LogP contribution in [0.1, 0.15) is 33.7 Å². The van der Waals surface area contributed by atoms with Gasteiger partial charge in [0, 0.05) is 27.9 Å². The lowest BCUT2D eigenvalue weighted by Gasteiger charge is -2.24. The van der Waals surface area contributed by atoms with E-state index in [-0.39, 0.29) is 11.8 Å². The van der Waals surface area contributed by atoms with E-state index in [1.165, 1.54) is 11.8 Å². The number of carbonyl (C=O) groups is 1. The van der Waals surface area contributed by atoms with Crippen molar-refractivity contribution in [2.75, 3.05) is 5.32 Å². The van der Waals surface area contributed by atoms with Crippen molar-refractivity contribution in [3.8, 4) is 23.2 Å². The van der Waals surface area contributed by atoms with Crippen LogP contribution in [0.4, 0.5) is 5.69 Å². The Hall–Kier alpha value is -3.57. The second-order valence-corrected chi connectivity index (χ2v) is 8.33. The summed E-state index contributed by atoms with van der Waals surface area (Å²) >= 11 is 1.70. The molecular formula is C21H19N5O2S. The lowest BCUT2D eigenvalue weighted by Crippen LogP contribution is -2.21. The van der Waals surface area contributed by atoms with Gasteiger partial charge < -0.3 is 15.8 Å². The molecule has 3 heterocycles. The molecule has 0 spiro atoms. The zero-order chi connectivity index (χ0) is 20.7. The highest BCUT2D eigenvalue weighted by Gasteiger charge is 2.36. The minimum atomic E-state index is -0.427. The van der Waals surface area contributed by atoms with Crippen LogP contribution in [-0.4, -0.2) is 16.1 Å². The number of aromatic amines is 1. The monoisotopic (exact) mass is 405 g/mol. The molecule has 0 saturated heterocycles. The number of hydrogen-bond donors (Lipinski definition) is 3. The van der Waals surface area contributed by atoms with E-state index in [2.05, 4.69) is 41.5 Å². The maximum Gasteiger partial charge on any atom is 0.244 e. The van der Waals surface area contributed by atoms with Gasteiger partial charge in [0.2, 0.25) is 17.7 Å². The highest BCUT2D eigenvalue weighted by Crippen LogP contribution is 2.47. The first-order valence-electron chi connectivity index (χ1n) is 8.99. The van der Waals surface area contributed by atoms with Gasteiger partial charge in [-0.2, -0.15) is 5.26 Å². The number of carbonyl (C=O) groups excluding carboxylic acids is 1. The molecule has 0 aliphatic carbocycles. The normalized spacial score (nSPS) is 15.4. The molecule has 7 nitrogen and oxygen atoms in total. The van der Waals surface area contributed by atoms with Gasteiger partial charge in [0.1, 0.15) is 11.6 Å². The molecule has 1 aliphatic heterocycles. The molecule has 0 bridgehead atoms. The van der Waals surface area contributed by atoms with E-state index < -0.39 is 5.92 Å². The molecule has 1 aromatic carbocycles. The topological polar surface area (TPSA) is 117 Å². The molecular weight excluding hydrogens is 386 g/mol. The number of H-pyrrole nitrogens is 1. The Labute approximate surface area is 171 Å². The number of benzene rings is 1. The van der Waals surface area contributed by atoms with E-state index in [0.29, 0.717) is 17.1 Å². The maximum atomic E-state index is 11.3. The average Bonchev–Trinajstić information content (AvgIpc) is 3.22. The predicted molar refractivity (Wildman–Crippen MR) is 111 cm³/mol. The van der Waals surface area contributed by atoms with Crippen molar-refractivity contribution in [2.24, 2.45) is 5.73 Å². The van der Waals surface area contributed by atoms with Gasteiger partial charge in [-0.1, -0.05) is 12.1 Å². The van der Waals surface area contributed by atoms with Crippen LogP contribution in [0.3, 0.4) is 0 Å². The Morgan fingerprint density at radius 2 is 2.07 bits per heavy atom. The van der Waals surface area contributed by atoms with Crippen molar-refractivity contribution >= 4 is 22.9 Å². The largest absolute Gasteiger partial charge is 0.420 e. The quantitative estimate of drug-likeness (QED) is 0.610. The number of nitrogens with one attached hydrogen (secondary N) is 2. The molecule has 2 aromatic heterocycles. The Morgan fingerprint density at radius 1 is 1.34 bits per heavy atom. The number of aryl methyl sites for hydroxylation is 2. The Balaban J connectivity index is 1.87. The average molecular weight is 405 g/mol. The van der Waals surface area contributed by atoms with Crippen LogP contribution in [0, 0.1) is 25.2 Å². The third-order valence-corrected chi connectivity index (χ3v) is 5.78. The number of anilines is 1. The van der Waals surface area contributed by atoms with Crippen LogP contribution in [0.2, 0.25) is 0 Å². The number of aromatic nitrogens is 2. The molecule has 1 amide bonds. The van der Waals surface area contributed by atoms with Crippen molar-refractivity contribution < 1.29 is 9.53 Å². The highest BCUT2D eigenvalue weighted by atomic mass is 32.1. The molecule has 8 heteroatoms. The number of hydrogen-bond acceptors (Lipinski definition) is 6. The number of allylic oxidation sites excluding steroid dienone is 1. The van der Waals surface area contributed by atoms with Gasteiger partial charge >= 0.3 is 0 Å². The lowest BCUT2D eigenvalue weighted by atomic mass is 9.83. The first-order valence-corrected chi connectivity index (χ1v) is 9.81. The third kappa shape index (κ3) is 3.26. The highest BCUT2D eigenvalue weighted by molar-refractivity contribution is 7.12. The van der Waals surface area contributed by atoms with Crippen LogP contribution in [-0.2, 0) is 4.79 Å². The summed E-state index contributed by atoms with van der Waals surface area (Å²) in [6, 6.07) is 11.6. The van der Waals surface area contributed by atoms with E-state index in [1.54, 1.807) is 23.5 Å². The van der Waals surface area contributed by atoms with Crippen molar-refractivity contribution in [1.82, 2.24) is 10.2 Å². The number of fused-ring (bicyclic) bond motifs is 1. The maximum absolute atomic E-state index is 11.3.